The molecule has 0 aromatic carbocycles. The fraction of sp³-hybridized carbons (Fsp3) is 0.435. The van der Waals surface area contributed by atoms with Crippen molar-refractivity contribution in [3.05, 3.63) is 41.4 Å². The number of esters is 1. The van der Waals surface area contributed by atoms with E-state index in [4.69, 9.17) is 17.0 Å². The lowest BCUT2D eigenvalue weighted by atomic mass is 9.88. The van der Waals surface area contributed by atoms with Gasteiger partial charge in [0.2, 0.25) is 15.9 Å². The molecule has 220 valence electrons. The van der Waals surface area contributed by atoms with E-state index in [0.29, 0.717) is 14.8 Å². The van der Waals surface area contributed by atoms with Crippen molar-refractivity contribution < 1.29 is 42.2 Å². The van der Waals surface area contributed by atoms with Crippen molar-refractivity contribution in [2.45, 2.75) is 30.8 Å². The number of rotatable bonds is 8. The van der Waals surface area contributed by atoms with Crippen LogP contribution in [0, 0.1) is 0 Å². The largest absolute Gasteiger partial charge is 0.477 e. The van der Waals surface area contributed by atoms with E-state index in [1.165, 1.54) is 48.1 Å². The Morgan fingerprint density at radius 1 is 1.32 bits per heavy atom. The van der Waals surface area contributed by atoms with E-state index < -0.39 is 56.9 Å². The summed E-state index contributed by atoms with van der Waals surface area (Å²) in [5.74, 6) is -2.37. The average molecular weight is 627 g/mol. The fourth-order valence-electron chi connectivity index (χ4n) is 4.59. The van der Waals surface area contributed by atoms with Gasteiger partial charge in [-0.25, -0.2) is 32.0 Å². The highest BCUT2D eigenvalue weighted by molar-refractivity contribution is 8.00. The maximum absolute atomic E-state index is 13.6. The van der Waals surface area contributed by atoms with E-state index in [1.54, 1.807) is 6.92 Å². The molecule has 5 amide bonds. The van der Waals surface area contributed by atoms with Crippen LogP contribution in [-0.4, -0.2) is 110 Å². The first-order valence-corrected chi connectivity index (χ1v) is 15.3. The Bertz CT molecular complexity index is 1470. The molecule has 1 unspecified atom stereocenters. The Balaban J connectivity index is 1.55. The molecule has 3 aliphatic rings. The highest BCUT2D eigenvalue weighted by Crippen LogP contribution is 2.47. The van der Waals surface area contributed by atoms with Crippen LogP contribution < -0.4 is 10.6 Å². The molecule has 4 rings (SSSR count). The van der Waals surface area contributed by atoms with E-state index in [1.807, 2.05) is 0 Å². The van der Waals surface area contributed by atoms with Gasteiger partial charge in [0.1, 0.15) is 34.2 Å². The number of nitrogens with zero attached hydrogens (tertiary/aromatic N) is 4. The Morgan fingerprint density at radius 2 is 2.02 bits per heavy atom. The Kier molecular flexibility index (Phi) is 8.28. The van der Waals surface area contributed by atoms with Crippen LogP contribution in [-0.2, 0) is 29.1 Å². The molecule has 41 heavy (non-hydrogen) atoms. The monoisotopic (exact) mass is 626 g/mol. The first-order chi connectivity index (χ1) is 19.2. The third-order valence-corrected chi connectivity index (χ3v) is 9.86. The molecule has 3 aliphatic heterocycles. The zero-order valence-electron chi connectivity index (χ0n) is 22.0. The van der Waals surface area contributed by atoms with Crippen LogP contribution in [0.15, 0.2) is 35.8 Å². The summed E-state index contributed by atoms with van der Waals surface area (Å²) >= 11 is 6.83. The van der Waals surface area contributed by atoms with Gasteiger partial charge < -0.3 is 25.4 Å². The smallest absolute Gasteiger partial charge is 0.352 e. The van der Waals surface area contributed by atoms with Crippen LogP contribution in [0.3, 0.4) is 0 Å². The van der Waals surface area contributed by atoms with Gasteiger partial charge in [0.25, 0.3) is 0 Å². The summed E-state index contributed by atoms with van der Waals surface area (Å²) in [5, 5.41) is 14.5. The maximum atomic E-state index is 13.6. The van der Waals surface area contributed by atoms with E-state index >= 15 is 0 Å². The number of nitrogens with one attached hydrogen (secondary N) is 2. The summed E-state index contributed by atoms with van der Waals surface area (Å²) < 4.78 is 29.2. The normalized spacial score (nSPS) is 23.0. The van der Waals surface area contributed by atoms with Gasteiger partial charge in [0.05, 0.1) is 19.3 Å². The molecule has 2 saturated heterocycles. The zero-order chi connectivity index (χ0) is 30.3. The highest BCUT2D eigenvalue weighted by Gasteiger charge is 2.60. The summed E-state index contributed by atoms with van der Waals surface area (Å²) in [6.45, 7) is 2.16. The van der Waals surface area contributed by atoms with E-state index in [0.717, 1.165) is 6.26 Å². The Morgan fingerprint density at radius 3 is 2.59 bits per heavy atom. The molecule has 3 atom stereocenters. The van der Waals surface area contributed by atoms with E-state index in [9.17, 15) is 37.5 Å². The molecule has 0 radical (unpaired) electrons. The third kappa shape index (κ3) is 5.71. The third-order valence-electron chi connectivity index (χ3n) is 6.58. The molecule has 0 bridgehead atoms. The number of pyridine rings is 1. The van der Waals surface area contributed by atoms with Crippen LogP contribution in [0.25, 0.3) is 0 Å². The first kappa shape index (κ1) is 30.2. The second kappa shape index (κ2) is 11.2. The second-order valence-electron chi connectivity index (χ2n) is 9.51. The number of ether oxygens (including phenoxy) is 1. The van der Waals surface area contributed by atoms with Crippen molar-refractivity contribution >= 4 is 68.9 Å². The number of carboxylic acid groups (broad SMARTS) is 1. The number of aliphatic carboxylic acids is 1. The Hall–Kier alpha value is -3.77. The SMILES string of the molecule is CC(=O)OCC1=C(C(=O)O)N2C(=S)[C@@](C)(NC(=O)C(NC(=O)N3CCN(S(C)(=O)=O)C3=O)c3cccnc3)[C@@H]2SC1. The van der Waals surface area contributed by atoms with Crippen molar-refractivity contribution in [2.24, 2.45) is 0 Å². The number of sulfonamides is 1. The minimum Gasteiger partial charge on any atom is -0.477 e. The zero-order valence-corrected chi connectivity index (χ0v) is 24.5. The number of aromatic nitrogens is 1. The lowest BCUT2D eigenvalue weighted by molar-refractivity contribution is -0.140. The van der Waals surface area contributed by atoms with Gasteiger partial charge in [-0.3, -0.25) is 14.6 Å². The molecule has 0 saturated carbocycles. The molecule has 2 fully saturated rings. The predicted octanol–water partition coefficient (Wildman–Crippen LogP) is 0.0221. The topological polar surface area (TPSA) is 196 Å². The average Bonchev–Trinajstić information content (AvgIpc) is 3.31. The lowest BCUT2D eigenvalue weighted by Gasteiger charge is -2.58. The lowest BCUT2D eigenvalue weighted by Crippen LogP contribution is -2.78. The van der Waals surface area contributed by atoms with Gasteiger partial charge >= 0.3 is 24.0 Å². The minimum absolute atomic E-state index is 0.0931. The van der Waals surface area contributed by atoms with Crippen molar-refractivity contribution in [2.75, 3.05) is 31.7 Å². The van der Waals surface area contributed by atoms with Gasteiger partial charge in [-0.1, -0.05) is 18.3 Å². The van der Waals surface area contributed by atoms with Crippen molar-refractivity contribution in [3.63, 3.8) is 0 Å². The molecule has 4 heterocycles. The number of carboxylic acids is 1. The van der Waals surface area contributed by atoms with Crippen LogP contribution in [0.1, 0.15) is 25.5 Å². The number of urea groups is 2. The number of fused-ring (bicyclic) bond motifs is 1. The number of carbonyl (C=O) groups excluding carboxylic acids is 4. The van der Waals surface area contributed by atoms with Gasteiger partial charge in [-0.15, -0.1) is 11.8 Å². The van der Waals surface area contributed by atoms with Crippen molar-refractivity contribution in [3.8, 4) is 0 Å². The number of carbonyl (C=O) groups is 5. The van der Waals surface area contributed by atoms with Crippen molar-refractivity contribution in [1.29, 1.82) is 0 Å². The highest BCUT2D eigenvalue weighted by atomic mass is 32.2. The number of imide groups is 1. The standard InChI is InChI=1S/C23H26N6O9S3/c1-12(30)38-10-14-11-40-20-23(2,19(39)29(20)16(14)18(32)33)26-17(31)15(13-5-4-6-24-9-13)25-21(34)27-7-8-28(22(27)35)41(3,36)37/h4-6,9,15,20H,7-8,10-11H2,1-3H3,(H,25,34)(H,26,31)(H,32,33)/t15?,20-,23+/m0/s1. The van der Waals surface area contributed by atoms with Crippen molar-refractivity contribution in [1.82, 2.24) is 29.7 Å². The quantitative estimate of drug-likeness (QED) is 0.258. The molecule has 18 heteroatoms. The van der Waals surface area contributed by atoms with Crippen LogP contribution in [0.4, 0.5) is 9.59 Å². The molecular weight excluding hydrogens is 600 g/mol. The van der Waals surface area contributed by atoms with Gasteiger partial charge in [0.15, 0.2) is 0 Å². The molecule has 0 aliphatic carbocycles. The van der Waals surface area contributed by atoms with Crippen LogP contribution in [0.5, 0.6) is 0 Å². The van der Waals surface area contributed by atoms with Gasteiger partial charge in [-0.05, 0) is 13.0 Å². The number of thioether (sulfide) groups is 1. The van der Waals surface area contributed by atoms with Gasteiger partial charge in [0, 0.05) is 36.2 Å². The summed E-state index contributed by atoms with van der Waals surface area (Å²) in [7, 11) is -3.89. The van der Waals surface area contributed by atoms with E-state index in [-0.39, 0.29) is 41.7 Å². The second-order valence-corrected chi connectivity index (χ2v) is 12.9. The van der Waals surface area contributed by atoms with Crippen LogP contribution in [0.2, 0.25) is 0 Å². The van der Waals surface area contributed by atoms with E-state index in [2.05, 4.69) is 15.6 Å². The fourth-order valence-corrected chi connectivity index (χ4v) is 7.33. The van der Waals surface area contributed by atoms with Gasteiger partial charge in [-0.2, -0.15) is 0 Å². The molecule has 0 spiro atoms. The number of thiocarbonyl (C=S) groups is 1. The summed E-state index contributed by atoms with van der Waals surface area (Å²) in [6.07, 6.45) is 3.65. The molecule has 15 nitrogen and oxygen atoms in total. The number of hydrogen-bond donors (Lipinski definition) is 3. The molecule has 1 aromatic rings. The summed E-state index contributed by atoms with van der Waals surface area (Å²) in [5.41, 5.74) is -0.732. The molecular formula is C23H26N6O9S3. The minimum atomic E-state index is -3.89. The number of amides is 5. The number of hydrogen-bond acceptors (Lipinski definition) is 11. The Labute approximate surface area is 244 Å². The predicted molar refractivity (Wildman–Crippen MR) is 148 cm³/mol. The summed E-state index contributed by atoms with van der Waals surface area (Å²) in [4.78, 5) is 68.8. The van der Waals surface area contributed by atoms with Crippen LogP contribution >= 0.6 is 24.0 Å². The molecule has 1 aromatic heterocycles. The first-order valence-electron chi connectivity index (χ1n) is 12.0. The molecule has 3 N–H and O–H groups in total. The summed E-state index contributed by atoms with van der Waals surface area (Å²) in [6, 6.07) is -0.341. The maximum Gasteiger partial charge on any atom is 0.352 e.